The van der Waals surface area contributed by atoms with Gasteiger partial charge in [0.15, 0.2) is 0 Å². The number of carbonyl (C=O) groups is 1. The number of halogens is 1. The molecular weight excluding hydrogens is 389 g/mol. The normalized spacial score (nSPS) is 11.9. The van der Waals surface area contributed by atoms with E-state index in [1.54, 1.807) is 31.2 Å². The number of carbonyl (C=O) groups excluding carboxylic acids is 1. The fraction of sp³-hybridized carbons (Fsp3) is 0.227. The number of rotatable bonds is 6. The highest BCUT2D eigenvalue weighted by Gasteiger charge is 2.16. The maximum atomic E-state index is 13.7. The summed E-state index contributed by atoms with van der Waals surface area (Å²) in [5.41, 5.74) is 3.06. The van der Waals surface area contributed by atoms with Gasteiger partial charge in [-0.3, -0.25) is 9.59 Å². The fourth-order valence-corrected chi connectivity index (χ4v) is 3.53. The van der Waals surface area contributed by atoms with Crippen LogP contribution in [0, 0.1) is 19.7 Å². The predicted molar refractivity (Wildman–Crippen MR) is 113 cm³/mol. The number of aryl methyl sites for hydroxylation is 2. The Kier molecular flexibility index (Phi) is 6.49. The lowest BCUT2D eigenvalue weighted by molar-refractivity contribution is -0.120. The van der Waals surface area contributed by atoms with Crippen LogP contribution in [0.4, 0.5) is 4.39 Å². The third kappa shape index (κ3) is 5.12. The van der Waals surface area contributed by atoms with Crippen molar-refractivity contribution in [2.75, 3.05) is 0 Å². The molecule has 150 valence electrons. The molecule has 1 N–H and O–H groups in total. The maximum Gasteiger partial charge on any atom is 0.271 e. The van der Waals surface area contributed by atoms with Crippen LogP contribution in [0.2, 0.25) is 0 Å². The van der Waals surface area contributed by atoms with Crippen molar-refractivity contribution in [1.82, 2.24) is 15.1 Å². The largest absolute Gasteiger partial charge is 0.351 e. The molecule has 1 atom stereocenters. The van der Waals surface area contributed by atoms with Gasteiger partial charge < -0.3 is 5.32 Å². The van der Waals surface area contributed by atoms with Crippen LogP contribution in [0.25, 0.3) is 5.69 Å². The Hall–Kier alpha value is -2.93. The van der Waals surface area contributed by atoms with E-state index in [4.69, 9.17) is 0 Å². The van der Waals surface area contributed by atoms with Crippen molar-refractivity contribution in [3.63, 3.8) is 0 Å². The molecule has 0 aliphatic heterocycles. The van der Waals surface area contributed by atoms with E-state index in [1.165, 1.54) is 28.6 Å². The summed E-state index contributed by atoms with van der Waals surface area (Å²) < 4.78 is 15.0. The highest BCUT2D eigenvalue weighted by atomic mass is 32.2. The van der Waals surface area contributed by atoms with E-state index in [0.29, 0.717) is 16.3 Å². The zero-order chi connectivity index (χ0) is 21.0. The lowest BCUT2D eigenvalue weighted by atomic mass is 10.1. The summed E-state index contributed by atoms with van der Waals surface area (Å²) in [6.07, 6.45) is 0. The smallest absolute Gasteiger partial charge is 0.271 e. The van der Waals surface area contributed by atoms with E-state index >= 15 is 0 Å². The van der Waals surface area contributed by atoms with Crippen molar-refractivity contribution in [2.45, 2.75) is 37.6 Å². The summed E-state index contributed by atoms with van der Waals surface area (Å²) in [6, 6.07) is 15.1. The average Bonchev–Trinajstić information content (AvgIpc) is 2.70. The molecule has 3 aromatic rings. The molecular formula is C22H22FN3O2S. The minimum absolute atomic E-state index is 0.117. The molecule has 29 heavy (non-hydrogen) atoms. The number of nitrogens with zero attached hydrogens (tertiary/aromatic N) is 2. The molecule has 1 heterocycles. The van der Waals surface area contributed by atoms with Gasteiger partial charge in [0.2, 0.25) is 5.91 Å². The van der Waals surface area contributed by atoms with Crippen molar-refractivity contribution >= 4 is 17.7 Å². The quantitative estimate of drug-likeness (QED) is 0.627. The third-order valence-corrected chi connectivity index (χ3v) is 5.62. The van der Waals surface area contributed by atoms with Crippen LogP contribution in [0.5, 0.6) is 0 Å². The van der Waals surface area contributed by atoms with E-state index in [0.717, 1.165) is 11.1 Å². The van der Waals surface area contributed by atoms with Gasteiger partial charge >= 0.3 is 0 Å². The molecule has 2 aromatic carbocycles. The fourth-order valence-electron chi connectivity index (χ4n) is 2.70. The average molecular weight is 412 g/mol. The van der Waals surface area contributed by atoms with Crippen molar-refractivity contribution in [3.8, 4) is 5.69 Å². The number of thioether (sulfide) groups is 1. The molecule has 0 saturated heterocycles. The van der Waals surface area contributed by atoms with Crippen LogP contribution < -0.4 is 10.9 Å². The number of hydrogen-bond donors (Lipinski definition) is 1. The number of benzene rings is 2. The molecule has 3 rings (SSSR count). The van der Waals surface area contributed by atoms with E-state index in [1.807, 2.05) is 32.0 Å². The molecule has 1 aromatic heterocycles. The molecule has 0 saturated carbocycles. The molecule has 0 aliphatic carbocycles. The van der Waals surface area contributed by atoms with Gasteiger partial charge in [-0.05, 0) is 56.2 Å². The van der Waals surface area contributed by atoms with E-state index < -0.39 is 5.25 Å². The molecule has 1 amide bonds. The summed E-state index contributed by atoms with van der Waals surface area (Å²) in [4.78, 5) is 24.6. The second-order valence-electron chi connectivity index (χ2n) is 6.76. The number of nitrogens with one attached hydrogen (secondary N) is 1. The van der Waals surface area contributed by atoms with Gasteiger partial charge in [-0.25, -0.2) is 4.39 Å². The molecule has 7 heteroatoms. The second-order valence-corrected chi connectivity index (χ2v) is 8.12. The van der Waals surface area contributed by atoms with E-state index in [2.05, 4.69) is 10.4 Å². The Balaban J connectivity index is 1.71. The van der Waals surface area contributed by atoms with E-state index in [9.17, 15) is 14.0 Å². The molecule has 0 unspecified atom stereocenters. The first-order valence-electron chi connectivity index (χ1n) is 9.21. The first kappa shape index (κ1) is 20.8. The van der Waals surface area contributed by atoms with Crippen LogP contribution >= 0.6 is 11.8 Å². The van der Waals surface area contributed by atoms with Gasteiger partial charge in [-0.2, -0.15) is 9.78 Å². The van der Waals surface area contributed by atoms with Crippen LogP contribution in [0.15, 0.2) is 64.4 Å². The molecule has 5 nitrogen and oxygen atoms in total. The van der Waals surface area contributed by atoms with Crippen LogP contribution in [0.1, 0.15) is 23.6 Å². The van der Waals surface area contributed by atoms with Gasteiger partial charge in [0.1, 0.15) is 10.8 Å². The van der Waals surface area contributed by atoms with Crippen molar-refractivity contribution < 1.29 is 9.18 Å². The third-order valence-electron chi connectivity index (χ3n) is 4.59. The van der Waals surface area contributed by atoms with Crippen LogP contribution in [-0.2, 0) is 11.3 Å². The summed E-state index contributed by atoms with van der Waals surface area (Å²) >= 11 is 1.24. The van der Waals surface area contributed by atoms with Gasteiger partial charge in [0.05, 0.1) is 10.9 Å². The molecule has 0 spiro atoms. The molecule has 0 fully saturated rings. The van der Waals surface area contributed by atoms with Gasteiger partial charge in [-0.1, -0.05) is 36.0 Å². The zero-order valence-electron chi connectivity index (χ0n) is 16.5. The Labute approximate surface area is 173 Å². The highest BCUT2D eigenvalue weighted by Crippen LogP contribution is 2.21. The Bertz CT molecular complexity index is 1100. The van der Waals surface area contributed by atoms with Crippen molar-refractivity contribution in [2.24, 2.45) is 0 Å². The highest BCUT2D eigenvalue weighted by molar-refractivity contribution is 8.00. The lowest BCUT2D eigenvalue weighted by Crippen LogP contribution is -2.31. The first-order chi connectivity index (χ1) is 13.8. The minimum atomic E-state index is -0.458. The predicted octanol–water partition coefficient (Wildman–Crippen LogP) is 3.79. The summed E-state index contributed by atoms with van der Waals surface area (Å²) in [5.74, 6) is -0.584. The van der Waals surface area contributed by atoms with Gasteiger partial charge in [0.25, 0.3) is 5.56 Å². The summed E-state index contributed by atoms with van der Waals surface area (Å²) in [6.45, 7) is 5.84. The van der Waals surface area contributed by atoms with Crippen molar-refractivity contribution in [3.05, 3.63) is 87.5 Å². The minimum Gasteiger partial charge on any atom is -0.351 e. The monoisotopic (exact) mass is 411 g/mol. The van der Waals surface area contributed by atoms with Gasteiger partial charge in [-0.15, -0.1) is 0 Å². The number of aromatic nitrogens is 2. The van der Waals surface area contributed by atoms with Crippen molar-refractivity contribution in [1.29, 1.82) is 0 Å². The number of hydrogen-bond acceptors (Lipinski definition) is 4. The summed E-state index contributed by atoms with van der Waals surface area (Å²) in [7, 11) is 0. The van der Waals surface area contributed by atoms with Crippen LogP contribution in [0.3, 0.4) is 0 Å². The first-order valence-corrected chi connectivity index (χ1v) is 10.1. The molecule has 0 radical (unpaired) electrons. The lowest BCUT2D eigenvalue weighted by Gasteiger charge is -2.13. The Morgan fingerprint density at radius 1 is 1.14 bits per heavy atom. The maximum absolute atomic E-state index is 13.7. The van der Waals surface area contributed by atoms with Crippen LogP contribution in [-0.4, -0.2) is 20.9 Å². The van der Waals surface area contributed by atoms with Gasteiger partial charge in [0, 0.05) is 18.2 Å². The zero-order valence-corrected chi connectivity index (χ0v) is 17.3. The molecule has 0 aliphatic rings. The Morgan fingerprint density at radius 2 is 1.90 bits per heavy atom. The van der Waals surface area contributed by atoms with E-state index in [-0.39, 0.29) is 23.8 Å². The Morgan fingerprint density at radius 3 is 2.62 bits per heavy atom. The summed E-state index contributed by atoms with van der Waals surface area (Å²) in [5, 5.41) is 7.22. The standard InChI is InChI=1S/C22H22FN3O2S/c1-14-8-9-18(12-15(14)2)26-21(27)11-10-20(25-26)29-16(3)22(28)24-13-17-6-4-5-7-19(17)23/h4-12,16H,13H2,1-3H3,(H,24,28)/t16-/m0/s1. The number of amides is 1. The SMILES string of the molecule is Cc1ccc(-n2nc(S[C@@H](C)C(=O)NCc3ccccc3F)ccc2=O)cc1C. The molecule has 0 bridgehead atoms. The second kappa shape index (κ2) is 9.05. The topological polar surface area (TPSA) is 64.0 Å².